The van der Waals surface area contributed by atoms with Crippen LogP contribution < -0.4 is 40.1 Å². The number of carbonyl (C=O) groups excluding carboxylic acids is 6. The number of hydrogen-bond acceptors (Lipinski definition) is 16. The number of nitrogens with zero attached hydrogens (tertiary/aromatic N) is 4. The molecule has 0 fully saturated rings. The number of aliphatic carboxylic acids is 4. The van der Waals surface area contributed by atoms with Crippen LogP contribution in [0.25, 0.3) is 10.6 Å². The van der Waals surface area contributed by atoms with E-state index in [1.807, 2.05) is 121 Å². The zero-order valence-corrected chi connectivity index (χ0v) is 65.8. The number of aromatic carboxylic acids is 2. The number of halogens is 9. The number of hydrogen-bond donors (Lipinski definition) is 0. The van der Waals surface area contributed by atoms with Crippen LogP contribution in [-0.2, 0) is 103 Å². The molecule has 18 nitrogen and oxygen atoms in total. The molecule has 0 bridgehead atoms. The fourth-order valence-corrected chi connectivity index (χ4v) is 5.83. The molecule has 0 spiro atoms. The average molecular weight is 2160 g/mol. The van der Waals surface area contributed by atoms with Crippen molar-refractivity contribution in [2.75, 3.05) is 27.3 Å². The minimum absolute atomic E-state index is 0. The number of alkyl halides is 9. The van der Waals surface area contributed by atoms with Crippen LogP contribution in [0.5, 0.6) is 11.5 Å². The molecule has 0 aromatic heterocycles. The van der Waals surface area contributed by atoms with Crippen LogP contribution in [-0.4, -0.2) is 87.7 Å². The molecule has 31 heteroatoms. The number of carbonyl (C=O) groups is 6. The molecule has 0 aliphatic carbocycles. The van der Waals surface area contributed by atoms with Gasteiger partial charge in [0.25, 0.3) is 0 Å². The van der Waals surface area contributed by atoms with E-state index in [1.54, 1.807) is 66.2 Å². The van der Waals surface area contributed by atoms with Gasteiger partial charge in [0.2, 0.25) is 0 Å². The number of methoxy groups -OCH3 is 2. The van der Waals surface area contributed by atoms with Crippen molar-refractivity contribution in [3.05, 3.63) is 201 Å². The SMILES string of the molecule is CC(=O)[O-].CC(=O)[O-].CC(=O)[O-].CC(=O)[O-].COc1ccc(N=C([N-]CCCN=C([N-]c2ccc(OC)cc2)c2ccccc2)c2ccccc2)cc1.Cc1cccc(C)c1C(=O)[O-].Cc1cccc(C)c1C(=O)[O-].ClC(Cl)Cl.ClC(Cl)Cl.ClC(Cl)Cl.[Pt+2].[Pt+2].[Pt+2].[Pt+2]. The van der Waals surface area contributed by atoms with Crippen molar-refractivity contribution in [1.29, 1.82) is 0 Å². The standard InChI is InChI=1S/C31H30N4O2.2C9H10O2.4C2H4O2.3CHCl3.4Pt/c1-36-28-18-14-26(15-19-28)34-30(24-10-5-3-6-11-24)32-22-9-23-33-31(25-12-7-4-8-13-25)35-27-16-20-29(37-2)21-17-27;2*1-6-4-3-5-7(2)8(6)9(10)11;4*1-2(3)4;3*2-1(3)4;;;;/h3-8,10-21H,9,22-23H2,1-2H3;2*3-5H,1-2H3,(H,10,11);4*1H3,(H,3,4);3*1H;;;;/q-2;;;;;;;;;;4*+2/p-6. The zero-order chi connectivity index (χ0) is 67.6. The van der Waals surface area contributed by atoms with Gasteiger partial charge in [-0.2, -0.15) is 0 Å². The zero-order valence-electron chi connectivity index (χ0n) is 49.9. The second kappa shape index (κ2) is 64.7. The van der Waals surface area contributed by atoms with E-state index in [4.69, 9.17) is 174 Å². The molecular formula is C60H63Cl9N4O14Pt4. The molecule has 510 valence electrons. The Morgan fingerprint density at radius 1 is 0.429 bits per heavy atom. The first-order chi connectivity index (χ1) is 40.6. The average Bonchev–Trinajstić information content (AvgIpc) is 3.22. The number of carboxylic acid groups (broad SMARTS) is 6. The first-order valence-corrected chi connectivity index (χ1v) is 28.5. The van der Waals surface area contributed by atoms with E-state index in [9.17, 15) is 19.8 Å². The Labute approximate surface area is 634 Å². The molecule has 0 atom stereocenters. The summed E-state index contributed by atoms with van der Waals surface area (Å²) in [6.45, 7) is 12.1. The quantitative estimate of drug-likeness (QED) is 0.0476. The topological polar surface area (TPSA) is 312 Å². The maximum Gasteiger partial charge on any atom is 2.00 e. The first kappa shape index (κ1) is 103. The molecule has 6 aromatic rings. The maximum atomic E-state index is 10.5. The molecule has 0 amide bonds. The van der Waals surface area contributed by atoms with Crippen LogP contribution in [0.2, 0.25) is 0 Å². The molecule has 0 N–H and O–H groups in total. The smallest absolute Gasteiger partial charge is 0.550 e. The Bertz CT molecular complexity index is 2780. The summed E-state index contributed by atoms with van der Waals surface area (Å²) in [5, 5.41) is 66.2. The van der Waals surface area contributed by atoms with Crippen LogP contribution in [0.15, 0.2) is 156 Å². The molecule has 0 unspecified atom stereocenters. The number of carboxylic acids is 6. The number of aliphatic imine (C=N–C) groups is 2. The van der Waals surface area contributed by atoms with E-state index in [0.717, 1.165) is 90.4 Å². The molecule has 91 heavy (non-hydrogen) atoms. The van der Waals surface area contributed by atoms with E-state index >= 15 is 0 Å². The van der Waals surface area contributed by atoms with Gasteiger partial charge in [-0.3, -0.25) is 0 Å². The van der Waals surface area contributed by atoms with Crippen molar-refractivity contribution in [3.63, 3.8) is 0 Å². The van der Waals surface area contributed by atoms with Crippen molar-refractivity contribution >= 4 is 163 Å². The molecule has 6 rings (SSSR count). The molecule has 0 saturated carbocycles. The summed E-state index contributed by atoms with van der Waals surface area (Å²) < 4.78 is 8.25. The third kappa shape index (κ3) is 65.9. The van der Waals surface area contributed by atoms with Crippen molar-refractivity contribution in [1.82, 2.24) is 0 Å². The first-order valence-electron chi connectivity index (χ1n) is 24.6. The molecule has 0 heterocycles. The minimum atomic E-state index is -1.10. The Hall–Kier alpha value is -3.96. The number of amidine groups is 2. The van der Waals surface area contributed by atoms with Gasteiger partial charge in [0.1, 0.15) is 11.5 Å². The van der Waals surface area contributed by atoms with Crippen molar-refractivity contribution < 1.29 is 153 Å². The van der Waals surface area contributed by atoms with Crippen molar-refractivity contribution in [2.24, 2.45) is 9.98 Å². The summed E-state index contributed by atoms with van der Waals surface area (Å²) >= 11 is 43.3. The summed E-state index contributed by atoms with van der Waals surface area (Å²) in [5.74, 6) is -3.54. The third-order valence-electron chi connectivity index (χ3n) is 8.89. The predicted octanol–water partition coefficient (Wildman–Crippen LogP) is 10.0. The maximum absolute atomic E-state index is 10.5. The third-order valence-corrected chi connectivity index (χ3v) is 8.89. The van der Waals surface area contributed by atoms with Crippen molar-refractivity contribution in [3.8, 4) is 11.5 Å². The summed E-state index contributed by atoms with van der Waals surface area (Å²) in [6.07, 6.45) is 0.767. The van der Waals surface area contributed by atoms with Gasteiger partial charge in [0.15, 0.2) is 12.9 Å². The van der Waals surface area contributed by atoms with Gasteiger partial charge in [0, 0.05) is 35.0 Å². The number of aryl methyl sites for hydroxylation is 4. The van der Waals surface area contributed by atoms with Gasteiger partial charge in [-0.1, -0.05) is 257 Å². The minimum Gasteiger partial charge on any atom is -0.550 e. The van der Waals surface area contributed by atoms with E-state index in [0.29, 0.717) is 35.9 Å². The van der Waals surface area contributed by atoms with Crippen molar-refractivity contribution in [2.45, 2.75) is 74.7 Å². The predicted molar refractivity (Wildman–Crippen MR) is 340 cm³/mol. The van der Waals surface area contributed by atoms with Gasteiger partial charge < -0.3 is 89.5 Å². The Morgan fingerprint density at radius 2 is 0.703 bits per heavy atom. The molecule has 6 aromatic carbocycles. The molecular weight excluding hydrogens is 2100 g/mol. The van der Waals surface area contributed by atoms with Gasteiger partial charge >= 0.3 is 84.3 Å². The van der Waals surface area contributed by atoms with E-state index in [2.05, 4.69) is 0 Å². The molecule has 0 aliphatic rings. The second-order valence-electron chi connectivity index (χ2n) is 15.9. The Morgan fingerprint density at radius 3 is 0.967 bits per heavy atom. The molecule has 0 saturated heterocycles. The van der Waals surface area contributed by atoms with Crippen LogP contribution in [0, 0.1) is 27.7 Å². The summed E-state index contributed by atoms with van der Waals surface area (Å²) in [5.41, 5.74) is 7.24. The number of rotatable bonds is 12. The van der Waals surface area contributed by atoms with E-state index in [1.165, 1.54) is 0 Å². The van der Waals surface area contributed by atoms with Crippen LogP contribution in [0.1, 0.15) is 88.2 Å². The number of benzene rings is 6. The van der Waals surface area contributed by atoms with Crippen LogP contribution >= 0.6 is 104 Å². The normalized spacial score (nSPS) is 9.34. The summed E-state index contributed by atoms with van der Waals surface area (Å²) in [7, 11) is 3.30. The van der Waals surface area contributed by atoms with Crippen LogP contribution in [0.3, 0.4) is 0 Å². The number of ether oxygens (including phenoxy) is 2. The fraction of sp³-hybridized carbons (Fsp3) is 0.267. The van der Waals surface area contributed by atoms with E-state index < -0.39 is 48.7 Å². The monoisotopic (exact) mass is 2160 g/mol. The Kier molecular flexibility index (Phi) is 73.4. The summed E-state index contributed by atoms with van der Waals surface area (Å²) in [6, 6.07) is 46.0. The fourth-order valence-electron chi connectivity index (χ4n) is 5.83. The summed E-state index contributed by atoms with van der Waals surface area (Å²) in [4.78, 5) is 66.2. The van der Waals surface area contributed by atoms with Gasteiger partial charge in [0.05, 0.1) is 26.2 Å². The van der Waals surface area contributed by atoms with Gasteiger partial charge in [-0.25, -0.2) is 0 Å². The van der Waals surface area contributed by atoms with Gasteiger partial charge in [-0.05, 0) is 124 Å². The molecule has 0 radical (unpaired) electrons. The molecule has 0 aliphatic heterocycles. The van der Waals surface area contributed by atoms with Crippen LogP contribution in [0.4, 0.5) is 11.4 Å². The Balaban J connectivity index is -0.000000174. The second-order valence-corrected chi connectivity index (χ2v) is 21.9. The van der Waals surface area contributed by atoms with E-state index in [-0.39, 0.29) is 84.3 Å². The van der Waals surface area contributed by atoms with Gasteiger partial charge in [-0.15, -0.1) is 0 Å². The largest absolute Gasteiger partial charge is 2.00 e.